The standard InChI is InChI=1S/C14H22FN3/c1-14(2,3)18-8-6-17(7-9-18)13-5-4-11(16)10-12(13)15/h4-5,10H,6-9,16H2,1-3H3. The first-order valence-electron chi connectivity index (χ1n) is 6.43. The lowest BCUT2D eigenvalue weighted by Gasteiger charge is -2.43. The first-order chi connectivity index (χ1) is 8.38. The second-order valence-electron chi connectivity index (χ2n) is 5.86. The number of hydrogen-bond acceptors (Lipinski definition) is 3. The highest BCUT2D eigenvalue weighted by Gasteiger charge is 2.26. The fourth-order valence-electron chi connectivity index (χ4n) is 2.40. The quantitative estimate of drug-likeness (QED) is 0.778. The number of anilines is 2. The van der Waals surface area contributed by atoms with Crippen molar-refractivity contribution in [1.29, 1.82) is 0 Å². The number of piperazine rings is 1. The zero-order valence-electron chi connectivity index (χ0n) is 11.4. The van der Waals surface area contributed by atoms with E-state index < -0.39 is 0 Å². The van der Waals surface area contributed by atoms with E-state index in [4.69, 9.17) is 5.73 Å². The summed E-state index contributed by atoms with van der Waals surface area (Å²) in [5.41, 5.74) is 6.90. The van der Waals surface area contributed by atoms with Crippen molar-refractivity contribution in [2.75, 3.05) is 36.8 Å². The molecule has 0 spiro atoms. The molecule has 2 rings (SSSR count). The van der Waals surface area contributed by atoms with Crippen molar-refractivity contribution in [2.24, 2.45) is 0 Å². The van der Waals surface area contributed by atoms with Gasteiger partial charge >= 0.3 is 0 Å². The molecule has 1 aromatic rings. The van der Waals surface area contributed by atoms with Crippen LogP contribution in [0.25, 0.3) is 0 Å². The average molecular weight is 251 g/mol. The normalized spacial score (nSPS) is 18.1. The number of nitrogens with zero attached hydrogens (tertiary/aromatic N) is 2. The second kappa shape index (κ2) is 4.76. The van der Waals surface area contributed by atoms with Crippen LogP contribution in [0.2, 0.25) is 0 Å². The van der Waals surface area contributed by atoms with E-state index in [0.717, 1.165) is 26.2 Å². The number of nitrogens with two attached hydrogens (primary N) is 1. The van der Waals surface area contributed by atoms with Gasteiger partial charge in [-0.05, 0) is 39.0 Å². The van der Waals surface area contributed by atoms with Crippen molar-refractivity contribution < 1.29 is 4.39 Å². The molecule has 1 aliphatic rings. The first kappa shape index (κ1) is 13.1. The van der Waals surface area contributed by atoms with Crippen LogP contribution in [-0.4, -0.2) is 36.6 Å². The highest BCUT2D eigenvalue weighted by molar-refractivity contribution is 5.54. The lowest BCUT2D eigenvalue weighted by atomic mass is 10.0. The number of nitrogen functional groups attached to an aromatic ring is 1. The summed E-state index contributed by atoms with van der Waals surface area (Å²) in [5, 5.41) is 0. The van der Waals surface area contributed by atoms with Gasteiger partial charge in [-0.15, -0.1) is 0 Å². The summed E-state index contributed by atoms with van der Waals surface area (Å²) in [6.45, 7) is 10.3. The van der Waals surface area contributed by atoms with Gasteiger partial charge in [-0.25, -0.2) is 4.39 Å². The van der Waals surface area contributed by atoms with Gasteiger partial charge in [-0.2, -0.15) is 0 Å². The van der Waals surface area contributed by atoms with E-state index in [1.807, 2.05) is 0 Å². The predicted octanol–water partition coefficient (Wildman–Crippen LogP) is 2.33. The van der Waals surface area contributed by atoms with Crippen molar-refractivity contribution in [2.45, 2.75) is 26.3 Å². The molecular formula is C14H22FN3. The van der Waals surface area contributed by atoms with E-state index in [9.17, 15) is 4.39 Å². The molecule has 0 radical (unpaired) electrons. The van der Waals surface area contributed by atoms with Crippen molar-refractivity contribution in [3.05, 3.63) is 24.0 Å². The lowest BCUT2D eigenvalue weighted by molar-refractivity contribution is 0.128. The number of hydrogen-bond donors (Lipinski definition) is 1. The molecule has 3 nitrogen and oxygen atoms in total. The molecular weight excluding hydrogens is 229 g/mol. The zero-order chi connectivity index (χ0) is 13.3. The fraction of sp³-hybridized carbons (Fsp3) is 0.571. The van der Waals surface area contributed by atoms with Crippen LogP contribution >= 0.6 is 0 Å². The zero-order valence-corrected chi connectivity index (χ0v) is 11.4. The van der Waals surface area contributed by atoms with E-state index in [-0.39, 0.29) is 11.4 Å². The van der Waals surface area contributed by atoms with Gasteiger partial charge in [0.15, 0.2) is 0 Å². The van der Waals surface area contributed by atoms with Gasteiger partial charge in [0.1, 0.15) is 5.82 Å². The Balaban J connectivity index is 2.06. The highest BCUT2D eigenvalue weighted by atomic mass is 19.1. The van der Waals surface area contributed by atoms with Gasteiger partial charge in [0, 0.05) is 37.4 Å². The molecule has 2 N–H and O–H groups in total. The molecule has 18 heavy (non-hydrogen) atoms. The Hall–Kier alpha value is -1.29. The van der Waals surface area contributed by atoms with E-state index in [1.54, 1.807) is 12.1 Å². The molecule has 1 aromatic carbocycles. The van der Waals surface area contributed by atoms with Crippen LogP contribution in [0.15, 0.2) is 18.2 Å². The number of halogens is 1. The molecule has 0 saturated carbocycles. The second-order valence-corrected chi connectivity index (χ2v) is 5.86. The van der Waals surface area contributed by atoms with Crippen molar-refractivity contribution in [1.82, 2.24) is 4.90 Å². The molecule has 1 aliphatic heterocycles. The Bertz CT molecular complexity index is 418. The minimum atomic E-state index is -0.223. The molecule has 0 bridgehead atoms. The lowest BCUT2D eigenvalue weighted by Crippen LogP contribution is -2.53. The van der Waals surface area contributed by atoms with Crippen LogP contribution in [0, 0.1) is 5.82 Å². The van der Waals surface area contributed by atoms with E-state index in [0.29, 0.717) is 11.4 Å². The minimum absolute atomic E-state index is 0.186. The summed E-state index contributed by atoms with van der Waals surface area (Å²) in [7, 11) is 0. The summed E-state index contributed by atoms with van der Waals surface area (Å²) in [4.78, 5) is 4.52. The third-order valence-corrected chi connectivity index (χ3v) is 3.54. The summed E-state index contributed by atoms with van der Waals surface area (Å²) in [6.07, 6.45) is 0. The van der Waals surface area contributed by atoms with Crippen molar-refractivity contribution in [3.63, 3.8) is 0 Å². The monoisotopic (exact) mass is 251 g/mol. The SMILES string of the molecule is CC(C)(C)N1CCN(c2ccc(N)cc2F)CC1. The Morgan fingerprint density at radius 3 is 2.22 bits per heavy atom. The van der Waals surface area contributed by atoms with Crippen LogP contribution in [0.1, 0.15) is 20.8 Å². The summed E-state index contributed by atoms with van der Waals surface area (Å²) in [6, 6.07) is 4.93. The number of rotatable bonds is 1. The van der Waals surface area contributed by atoms with Gasteiger partial charge in [-0.1, -0.05) is 0 Å². The van der Waals surface area contributed by atoms with Gasteiger partial charge < -0.3 is 10.6 Å². The molecule has 0 aromatic heterocycles. The average Bonchev–Trinajstić information content (AvgIpc) is 2.28. The van der Waals surface area contributed by atoms with Gasteiger partial charge in [0.25, 0.3) is 0 Å². The molecule has 1 heterocycles. The Morgan fingerprint density at radius 2 is 1.72 bits per heavy atom. The van der Waals surface area contributed by atoms with Crippen LogP contribution in [0.3, 0.4) is 0 Å². The van der Waals surface area contributed by atoms with Crippen LogP contribution in [-0.2, 0) is 0 Å². The molecule has 0 aliphatic carbocycles. The summed E-state index contributed by atoms with van der Waals surface area (Å²) in [5.74, 6) is -0.223. The maximum Gasteiger partial charge on any atom is 0.148 e. The fourth-order valence-corrected chi connectivity index (χ4v) is 2.40. The largest absolute Gasteiger partial charge is 0.399 e. The summed E-state index contributed by atoms with van der Waals surface area (Å²) >= 11 is 0. The van der Waals surface area contributed by atoms with Crippen LogP contribution in [0.4, 0.5) is 15.8 Å². The topological polar surface area (TPSA) is 32.5 Å². The van der Waals surface area contributed by atoms with Gasteiger partial charge in [0.2, 0.25) is 0 Å². The van der Waals surface area contributed by atoms with Crippen LogP contribution in [0.5, 0.6) is 0 Å². The Morgan fingerprint density at radius 1 is 1.11 bits per heavy atom. The third kappa shape index (κ3) is 2.75. The highest BCUT2D eigenvalue weighted by Crippen LogP contribution is 2.24. The Labute approximate surface area is 108 Å². The molecule has 0 amide bonds. The third-order valence-electron chi connectivity index (χ3n) is 3.54. The minimum Gasteiger partial charge on any atom is -0.399 e. The van der Waals surface area contributed by atoms with Crippen molar-refractivity contribution >= 4 is 11.4 Å². The van der Waals surface area contributed by atoms with Gasteiger partial charge in [0.05, 0.1) is 5.69 Å². The first-order valence-corrected chi connectivity index (χ1v) is 6.43. The molecule has 1 fully saturated rings. The smallest absolute Gasteiger partial charge is 0.148 e. The maximum absolute atomic E-state index is 13.8. The van der Waals surface area contributed by atoms with E-state index in [2.05, 4.69) is 30.6 Å². The molecule has 1 saturated heterocycles. The van der Waals surface area contributed by atoms with E-state index in [1.165, 1.54) is 6.07 Å². The van der Waals surface area contributed by atoms with Crippen LogP contribution < -0.4 is 10.6 Å². The molecule has 100 valence electrons. The molecule has 0 atom stereocenters. The molecule has 0 unspecified atom stereocenters. The van der Waals surface area contributed by atoms with Crippen molar-refractivity contribution in [3.8, 4) is 0 Å². The number of benzene rings is 1. The van der Waals surface area contributed by atoms with Gasteiger partial charge in [-0.3, -0.25) is 4.90 Å². The summed E-state index contributed by atoms with van der Waals surface area (Å²) < 4.78 is 13.8. The predicted molar refractivity (Wildman–Crippen MR) is 74.4 cm³/mol. The maximum atomic E-state index is 13.8. The molecule has 4 heteroatoms. The van der Waals surface area contributed by atoms with E-state index >= 15 is 0 Å². The Kier molecular flexibility index (Phi) is 3.48.